The van der Waals surface area contributed by atoms with E-state index >= 15 is 0 Å². The number of aryl methyl sites for hydroxylation is 1. The number of ether oxygens (including phenoxy) is 1. The van der Waals surface area contributed by atoms with Gasteiger partial charge in [-0.2, -0.15) is 0 Å². The van der Waals surface area contributed by atoms with Crippen molar-refractivity contribution in [3.05, 3.63) is 84.3 Å². The number of anilines is 2. The monoisotopic (exact) mass is 547 g/mol. The molecule has 206 valence electrons. The summed E-state index contributed by atoms with van der Waals surface area (Å²) in [7, 11) is 0. The molecule has 1 saturated carbocycles. The Morgan fingerprint density at radius 3 is 2.40 bits per heavy atom. The van der Waals surface area contributed by atoms with Crippen molar-refractivity contribution in [2.75, 3.05) is 23.3 Å². The minimum absolute atomic E-state index is 0.0195. The third-order valence-corrected chi connectivity index (χ3v) is 6.50. The van der Waals surface area contributed by atoms with Crippen molar-refractivity contribution < 1.29 is 27.9 Å². The van der Waals surface area contributed by atoms with Crippen LogP contribution in [-0.2, 0) is 4.79 Å². The van der Waals surface area contributed by atoms with E-state index in [-0.39, 0.29) is 24.5 Å². The standard InChI is InChI=1S/C24H19F2N5O3.C5H8O/c1-15-13-29-14-19(7-9-22(29)27-15)34-21-8-4-17(12-20(21)26)28-23(32)31-11-10-30(24(31)33)18-5-2-16(25)3-6-18;1-4(6)5-2-3-5/h2-9,12-14H,10-11H2,1H3,(H,28,32);5H,2-3H2,1H3. The summed E-state index contributed by atoms with van der Waals surface area (Å²) in [6.45, 7) is 3.94. The second kappa shape index (κ2) is 11.1. The highest BCUT2D eigenvalue weighted by molar-refractivity contribution is 6.08. The second-order valence-electron chi connectivity index (χ2n) is 9.64. The largest absolute Gasteiger partial charge is 0.453 e. The number of rotatable bonds is 5. The van der Waals surface area contributed by atoms with E-state index in [2.05, 4.69) is 10.3 Å². The number of carbonyl (C=O) groups is 3. The Morgan fingerprint density at radius 2 is 1.75 bits per heavy atom. The normalized spacial score (nSPS) is 14.7. The molecule has 0 atom stereocenters. The van der Waals surface area contributed by atoms with E-state index in [9.17, 15) is 23.2 Å². The number of ketones is 1. The van der Waals surface area contributed by atoms with Crippen LogP contribution in [0.1, 0.15) is 25.5 Å². The van der Waals surface area contributed by atoms with Gasteiger partial charge in [-0.05, 0) is 75.2 Å². The van der Waals surface area contributed by atoms with E-state index in [0.717, 1.165) is 35.1 Å². The van der Waals surface area contributed by atoms with Crippen molar-refractivity contribution in [2.24, 2.45) is 5.92 Å². The number of pyridine rings is 1. The number of Topliss-reactive ketones (excluding diaryl/α,β-unsaturated/α-hetero) is 1. The van der Waals surface area contributed by atoms with Crippen molar-refractivity contribution in [3.63, 3.8) is 0 Å². The number of aromatic nitrogens is 2. The molecule has 0 bridgehead atoms. The van der Waals surface area contributed by atoms with Gasteiger partial charge < -0.3 is 14.5 Å². The lowest BCUT2D eigenvalue weighted by atomic mass is 10.3. The molecule has 1 N–H and O–H groups in total. The zero-order valence-electron chi connectivity index (χ0n) is 21.9. The van der Waals surface area contributed by atoms with Gasteiger partial charge in [0, 0.05) is 36.1 Å². The molecule has 6 rings (SSSR count). The van der Waals surface area contributed by atoms with Crippen LogP contribution >= 0.6 is 0 Å². The van der Waals surface area contributed by atoms with Crippen LogP contribution in [0.25, 0.3) is 5.65 Å². The highest BCUT2D eigenvalue weighted by Crippen LogP contribution is 2.29. The molecular formula is C29H27F2N5O4. The number of nitrogens with one attached hydrogen (secondary N) is 1. The Hall–Kier alpha value is -4.80. The topological polar surface area (TPSA) is 96.3 Å². The minimum atomic E-state index is -0.691. The Labute approximate surface area is 229 Å². The first-order valence-corrected chi connectivity index (χ1v) is 12.8. The Balaban J connectivity index is 0.000000477. The molecule has 1 aliphatic heterocycles. The van der Waals surface area contributed by atoms with Crippen molar-refractivity contribution in [3.8, 4) is 11.5 Å². The smallest absolute Gasteiger partial charge is 0.332 e. The molecule has 0 spiro atoms. The zero-order valence-corrected chi connectivity index (χ0v) is 21.9. The predicted molar refractivity (Wildman–Crippen MR) is 145 cm³/mol. The van der Waals surface area contributed by atoms with Crippen molar-refractivity contribution in [1.29, 1.82) is 0 Å². The van der Waals surface area contributed by atoms with Gasteiger partial charge in [-0.3, -0.25) is 9.69 Å². The number of amides is 4. The van der Waals surface area contributed by atoms with E-state index < -0.39 is 23.7 Å². The first-order chi connectivity index (χ1) is 19.2. The molecule has 1 saturated heterocycles. The number of imidazole rings is 1. The summed E-state index contributed by atoms with van der Waals surface area (Å²) in [5, 5.41) is 2.53. The number of imide groups is 1. The molecule has 9 nitrogen and oxygen atoms in total. The number of hydrogen-bond acceptors (Lipinski definition) is 5. The third kappa shape index (κ3) is 6.09. The lowest BCUT2D eigenvalue weighted by Crippen LogP contribution is -2.39. The summed E-state index contributed by atoms with van der Waals surface area (Å²) >= 11 is 0. The van der Waals surface area contributed by atoms with Gasteiger partial charge in [-0.15, -0.1) is 0 Å². The quantitative estimate of drug-likeness (QED) is 0.322. The molecule has 1 aliphatic carbocycles. The van der Waals surface area contributed by atoms with Crippen molar-refractivity contribution >= 4 is 34.9 Å². The van der Waals surface area contributed by atoms with Gasteiger partial charge in [0.1, 0.15) is 23.0 Å². The Bertz CT molecular complexity index is 1580. The van der Waals surface area contributed by atoms with E-state index in [1.54, 1.807) is 29.7 Å². The number of nitrogens with zero attached hydrogens (tertiary/aromatic N) is 4. The molecule has 4 amide bonds. The van der Waals surface area contributed by atoms with Gasteiger partial charge in [0.15, 0.2) is 11.6 Å². The number of urea groups is 2. The maximum atomic E-state index is 14.7. The molecular weight excluding hydrogens is 520 g/mol. The summed E-state index contributed by atoms with van der Waals surface area (Å²) < 4.78 is 35.2. The maximum Gasteiger partial charge on any atom is 0.332 e. The summed E-state index contributed by atoms with van der Waals surface area (Å²) in [5.74, 6) is 0.135. The van der Waals surface area contributed by atoms with E-state index in [4.69, 9.17) is 4.74 Å². The minimum Gasteiger partial charge on any atom is -0.453 e. The SMILES string of the molecule is CC(=O)C1CC1.Cc1cn2cc(Oc3ccc(NC(=O)N4CCN(c5ccc(F)cc5)C4=O)cc3F)ccc2n1. The molecule has 2 aromatic heterocycles. The van der Waals surface area contributed by atoms with Crippen LogP contribution in [0.5, 0.6) is 11.5 Å². The summed E-state index contributed by atoms with van der Waals surface area (Å²) in [6.07, 6.45) is 5.81. The molecule has 0 unspecified atom stereocenters. The number of carbonyl (C=O) groups excluding carboxylic acids is 3. The van der Waals surface area contributed by atoms with Crippen LogP contribution in [0.15, 0.2) is 67.0 Å². The van der Waals surface area contributed by atoms with E-state index in [1.807, 2.05) is 13.1 Å². The number of halogens is 2. The van der Waals surface area contributed by atoms with Crippen molar-refractivity contribution in [1.82, 2.24) is 14.3 Å². The van der Waals surface area contributed by atoms with Crippen LogP contribution in [0.4, 0.5) is 29.7 Å². The molecule has 2 aliphatic rings. The Kier molecular flexibility index (Phi) is 7.45. The molecule has 0 radical (unpaired) electrons. The summed E-state index contributed by atoms with van der Waals surface area (Å²) in [5.41, 5.74) is 2.25. The number of hydrogen-bond donors (Lipinski definition) is 1. The van der Waals surface area contributed by atoms with Gasteiger partial charge in [-0.25, -0.2) is 28.3 Å². The summed E-state index contributed by atoms with van der Waals surface area (Å²) in [4.78, 5) is 42.2. The maximum absolute atomic E-state index is 14.7. The fraction of sp³-hybridized carbons (Fsp3) is 0.241. The molecule has 2 fully saturated rings. The van der Waals surface area contributed by atoms with Crippen LogP contribution in [0, 0.1) is 24.5 Å². The lowest BCUT2D eigenvalue weighted by Gasteiger charge is -2.18. The highest BCUT2D eigenvalue weighted by Gasteiger charge is 2.34. The fourth-order valence-electron chi connectivity index (χ4n) is 4.21. The van der Waals surface area contributed by atoms with Crippen LogP contribution in [0.2, 0.25) is 0 Å². The third-order valence-electron chi connectivity index (χ3n) is 6.50. The average molecular weight is 548 g/mol. The lowest BCUT2D eigenvalue weighted by molar-refractivity contribution is -0.118. The molecule has 40 heavy (non-hydrogen) atoms. The first-order valence-electron chi connectivity index (χ1n) is 12.8. The second-order valence-corrected chi connectivity index (χ2v) is 9.64. The molecule has 3 heterocycles. The first kappa shape index (κ1) is 26.8. The van der Waals surface area contributed by atoms with Gasteiger partial charge in [0.2, 0.25) is 0 Å². The molecule has 4 aromatic rings. The summed E-state index contributed by atoms with van der Waals surface area (Å²) in [6, 6.07) is 11.6. The molecule has 2 aromatic carbocycles. The van der Waals surface area contributed by atoms with E-state index in [1.165, 1.54) is 41.3 Å². The van der Waals surface area contributed by atoms with Gasteiger partial charge in [-0.1, -0.05) is 0 Å². The predicted octanol–water partition coefficient (Wildman–Crippen LogP) is 6.17. The number of fused-ring (bicyclic) bond motifs is 1. The van der Waals surface area contributed by atoms with E-state index in [0.29, 0.717) is 23.1 Å². The molecule has 11 heteroatoms. The Morgan fingerprint density at radius 1 is 1.00 bits per heavy atom. The number of benzene rings is 2. The van der Waals surface area contributed by atoms with Gasteiger partial charge >= 0.3 is 12.1 Å². The fourth-order valence-corrected chi connectivity index (χ4v) is 4.21. The van der Waals surface area contributed by atoms with Crippen LogP contribution in [0.3, 0.4) is 0 Å². The zero-order chi connectivity index (χ0) is 28.4. The van der Waals surface area contributed by atoms with Crippen molar-refractivity contribution in [2.45, 2.75) is 26.7 Å². The van der Waals surface area contributed by atoms with Crippen LogP contribution < -0.4 is 15.0 Å². The van der Waals surface area contributed by atoms with Crippen LogP contribution in [-0.4, -0.2) is 45.2 Å². The average Bonchev–Trinajstić information content (AvgIpc) is 3.61. The highest BCUT2D eigenvalue weighted by atomic mass is 19.1. The van der Waals surface area contributed by atoms with Gasteiger partial charge in [0.05, 0.1) is 18.4 Å². The van der Waals surface area contributed by atoms with Gasteiger partial charge in [0.25, 0.3) is 0 Å².